The Morgan fingerprint density at radius 1 is 1.57 bits per heavy atom. The lowest BCUT2D eigenvalue weighted by atomic mass is 10.1. The summed E-state index contributed by atoms with van der Waals surface area (Å²) in [6, 6.07) is 1.38. The van der Waals surface area contributed by atoms with Crippen molar-refractivity contribution >= 4 is 15.9 Å². The standard InChI is InChI=1S/C8H9BrF2N2O/c9-7-6(8(10)11)4(3-14)1-5(2-12)13-7/h1,8,14H,2-3,12H2. The number of nitrogens with two attached hydrogens (primary N) is 1. The summed E-state index contributed by atoms with van der Waals surface area (Å²) in [4.78, 5) is 3.82. The van der Waals surface area contributed by atoms with Crippen LogP contribution in [0.2, 0.25) is 0 Å². The Hall–Kier alpha value is -0.590. The number of aliphatic hydroxyl groups excluding tert-OH is 1. The highest BCUT2D eigenvalue weighted by molar-refractivity contribution is 9.10. The highest BCUT2D eigenvalue weighted by atomic mass is 79.9. The summed E-state index contributed by atoms with van der Waals surface area (Å²) in [5.41, 5.74) is 5.66. The second-order valence-corrected chi connectivity index (χ2v) is 3.39. The van der Waals surface area contributed by atoms with Crippen LogP contribution < -0.4 is 5.73 Å². The van der Waals surface area contributed by atoms with Crippen LogP contribution in [0.1, 0.15) is 23.2 Å². The Labute approximate surface area is 88.1 Å². The van der Waals surface area contributed by atoms with E-state index in [1.54, 1.807) is 0 Å². The van der Waals surface area contributed by atoms with Gasteiger partial charge in [0.05, 0.1) is 17.9 Å². The van der Waals surface area contributed by atoms with Gasteiger partial charge in [-0.15, -0.1) is 0 Å². The molecule has 3 nitrogen and oxygen atoms in total. The van der Waals surface area contributed by atoms with E-state index in [1.165, 1.54) is 6.07 Å². The van der Waals surface area contributed by atoms with E-state index in [0.29, 0.717) is 5.69 Å². The number of nitrogens with zero attached hydrogens (tertiary/aromatic N) is 1. The maximum atomic E-state index is 12.5. The first-order valence-corrected chi connectivity index (χ1v) is 4.66. The number of hydrogen-bond donors (Lipinski definition) is 2. The second-order valence-electron chi connectivity index (χ2n) is 2.64. The van der Waals surface area contributed by atoms with Gasteiger partial charge in [-0.3, -0.25) is 0 Å². The molecule has 3 N–H and O–H groups in total. The number of hydrogen-bond acceptors (Lipinski definition) is 3. The van der Waals surface area contributed by atoms with Crippen LogP contribution in [0.25, 0.3) is 0 Å². The minimum atomic E-state index is -2.66. The molecule has 0 atom stereocenters. The summed E-state index contributed by atoms with van der Waals surface area (Å²) in [5, 5.41) is 8.89. The van der Waals surface area contributed by atoms with Crippen LogP contribution in [0.15, 0.2) is 10.7 Å². The van der Waals surface area contributed by atoms with Crippen molar-refractivity contribution in [2.45, 2.75) is 19.6 Å². The van der Waals surface area contributed by atoms with E-state index in [0.717, 1.165) is 0 Å². The predicted molar refractivity (Wildman–Crippen MR) is 50.7 cm³/mol. The van der Waals surface area contributed by atoms with E-state index in [2.05, 4.69) is 20.9 Å². The lowest BCUT2D eigenvalue weighted by molar-refractivity contribution is 0.145. The molecule has 6 heteroatoms. The molecule has 0 aromatic carbocycles. The summed E-state index contributed by atoms with van der Waals surface area (Å²) in [5.74, 6) is 0. The first-order chi connectivity index (χ1) is 6.60. The van der Waals surface area contributed by atoms with Crippen molar-refractivity contribution in [3.05, 3.63) is 27.5 Å². The monoisotopic (exact) mass is 266 g/mol. The zero-order valence-corrected chi connectivity index (χ0v) is 8.76. The summed E-state index contributed by atoms with van der Waals surface area (Å²) >= 11 is 2.92. The largest absolute Gasteiger partial charge is 0.392 e. The van der Waals surface area contributed by atoms with E-state index >= 15 is 0 Å². The summed E-state index contributed by atoms with van der Waals surface area (Å²) in [6.45, 7) is -0.303. The third-order valence-electron chi connectivity index (χ3n) is 1.75. The molecule has 0 aliphatic heterocycles. The Balaban J connectivity index is 3.27. The zero-order valence-electron chi connectivity index (χ0n) is 7.17. The first-order valence-electron chi connectivity index (χ1n) is 3.87. The lowest BCUT2D eigenvalue weighted by Crippen LogP contribution is -2.05. The van der Waals surface area contributed by atoms with Gasteiger partial charge in [0.25, 0.3) is 6.43 Å². The normalized spacial score (nSPS) is 11.0. The van der Waals surface area contributed by atoms with E-state index in [9.17, 15) is 8.78 Å². The zero-order chi connectivity index (χ0) is 10.7. The molecule has 0 saturated carbocycles. The molecule has 1 aromatic heterocycles. The Bertz CT molecular complexity index is 333. The molecular weight excluding hydrogens is 258 g/mol. The third kappa shape index (κ3) is 2.26. The van der Waals surface area contributed by atoms with E-state index < -0.39 is 13.0 Å². The van der Waals surface area contributed by atoms with Crippen LogP contribution in [0.3, 0.4) is 0 Å². The van der Waals surface area contributed by atoms with Crippen molar-refractivity contribution < 1.29 is 13.9 Å². The molecule has 0 unspecified atom stereocenters. The lowest BCUT2D eigenvalue weighted by Gasteiger charge is -2.10. The number of halogens is 3. The quantitative estimate of drug-likeness (QED) is 0.820. The van der Waals surface area contributed by atoms with Gasteiger partial charge in [-0.1, -0.05) is 0 Å². The molecule has 1 rings (SSSR count). The van der Waals surface area contributed by atoms with Crippen molar-refractivity contribution in [1.29, 1.82) is 0 Å². The van der Waals surface area contributed by atoms with Crippen molar-refractivity contribution in [3.63, 3.8) is 0 Å². The van der Waals surface area contributed by atoms with E-state index in [4.69, 9.17) is 10.8 Å². The van der Waals surface area contributed by atoms with Gasteiger partial charge in [0.2, 0.25) is 0 Å². The van der Waals surface area contributed by atoms with Crippen LogP contribution in [0.4, 0.5) is 8.78 Å². The van der Waals surface area contributed by atoms with E-state index in [-0.39, 0.29) is 22.3 Å². The maximum Gasteiger partial charge on any atom is 0.266 e. The van der Waals surface area contributed by atoms with Crippen molar-refractivity contribution in [1.82, 2.24) is 4.98 Å². The molecule has 0 amide bonds. The molecule has 1 aromatic rings. The van der Waals surface area contributed by atoms with Gasteiger partial charge in [-0.05, 0) is 27.6 Å². The number of aliphatic hydroxyl groups is 1. The molecule has 78 valence electrons. The SMILES string of the molecule is NCc1cc(CO)c(C(F)F)c(Br)n1. The average Bonchev–Trinajstić information content (AvgIpc) is 2.15. The smallest absolute Gasteiger partial charge is 0.266 e. The van der Waals surface area contributed by atoms with Gasteiger partial charge in [-0.25, -0.2) is 13.8 Å². The number of rotatable bonds is 3. The molecule has 0 spiro atoms. The fourth-order valence-electron chi connectivity index (χ4n) is 1.10. The van der Waals surface area contributed by atoms with Gasteiger partial charge >= 0.3 is 0 Å². The van der Waals surface area contributed by atoms with Crippen molar-refractivity contribution in [3.8, 4) is 0 Å². The molecule has 0 fully saturated rings. The number of alkyl halides is 2. The Kier molecular flexibility index (Phi) is 3.91. The average molecular weight is 267 g/mol. The summed E-state index contributed by atoms with van der Waals surface area (Å²) < 4.78 is 25.0. The first kappa shape index (κ1) is 11.5. The van der Waals surface area contributed by atoms with Crippen molar-refractivity contribution in [2.75, 3.05) is 0 Å². The number of pyridine rings is 1. The summed E-state index contributed by atoms with van der Waals surface area (Å²) in [7, 11) is 0. The Morgan fingerprint density at radius 3 is 2.64 bits per heavy atom. The highest BCUT2D eigenvalue weighted by Crippen LogP contribution is 2.29. The van der Waals surface area contributed by atoms with Gasteiger partial charge in [0.1, 0.15) is 4.60 Å². The van der Waals surface area contributed by atoms with Gasteiger partial charge in [0.15, 0.2) is 0 Å². The molecular formula is C8H9BrF2N2O. The Morgan fingerprint density at radius 2 is 2.21 bits per heavy atom. The molecule has 0 bridgehead atoms. The van der Waals surface area contributed by atoms with Gasteiger partial charge in [0, 0.05) is 6.54 Å². The predicted octanol–water partition coefficient (Wildman–Crippen LogP) is 1.73. The molecule has 14 heavy (non-hydrogen) atoms. The number of aromatic nitrogens is 1. The maximum absolute atomic E-state index is 12.5. The fraction of sp³-hybridized carbons (Fsp3) is 0.375. The molecule has 0 radical (unpaired) electrons. The minimum Gasteiger partial charge on any atom is -0.392 e. The van der Waals surface area contributed by atoms with Gasteiger partial charge < -0.3 is 10.8 Å². The van der Waals surface area contributed by atoms with Crippen LogP contribution in [0, 0.1) is 0 Å². The second kappa shape index (κ2) is 4.77. The van der Waals surface area contributed by atoms with Gasteiger partial charge in [-0.2, -0.15) is 0 Å². The fourth-order valence-corrected chi connectivity index (χ4v) is 1.75. The third-order valence-corrected chi connectivity index (χ3v) is 2.35. The van der Waals surface area contributed by atoms with Crippen LogP contribution in [-0.4, -0.2) is 10.1 Å². The van der Waals surface area contributed by atoms with Crippen molar-refractivity contribution in [2.24, 2.45) is 5.73 Å². The minimum absolute atomic E-state index is 0.0412. The molecule has 0 saturated heterocycles. The molecule has 0 aliphatic carbocycles. The molecule has 1 heterocycles. The van der Waals surface area contributed by atoms with Crippen LogP contribution >= 0.6 is 15.9 Å². The summed E-state index contributed by atoms with van der Waals surface area (Å²) in [6.07, 6.45) is -2.66. The van der Waals surface area contributed by atoms with Crippen LogP contribution in [0.5, 0.6) is 0 Å². The molecule has 0 aliphatic rings. The van der Waals surface area contributed by atoms with E-state index in [1.807, 2.05) is 0 Å². The van der Waals surface area contributed by atoms with Crippen LogP contribution in [-0.2, 0) is 13.2 Å². The highest BCUT2D eigenvalue weighted by Gasteiger charge is 2.18. The topological polar surface area (TPSA) is 59.1 Å².